The molecule has 0 N–H and O–H groups in total. The minimum atomic E-state index is -1.00. The van der Waals surface area contributed by atoms with Crippen molar-refractivity contribution in [1.82, 2.24) is 0 Å². The predicted octanol–water partition coefficient (Wildman–Crippen LogP) is 4.50. The van der Waals surface area contributed by atoms with Gasteiger partial charge in [-0.2, -0.15) is 0 Å². The number of hydrogen-bond acceptors (Lipinski definition) is 2. The van der Waals surface area contributed by atoms with Gasteiger partial charge in [-0.25, -0.2) is 8.78 Å². The molecule has 0 saturated carbocycles. The number of amides is 1. The van der Waals surface area contributed by atoms with E-state index in [0.29, 0.717) is 11.8 Å². The quantitative estimate of drug-likeness (QED) is 0.771. The van der Waals surface area contributed by atoms with E-state index >= 15 is 0 Å². The second-order valence-electron chi connectivity index (χ2n) is 5.27. The number of benzene rings is 2. The molecule has 3 rings (SSSR count). The summed E-state index contributed by atoms with van der Waals surface area (Å²) in [6.45, 7) is 2.68. The molecule has 1 heterocycles. The van der Waals surface area contributed by atoms with Crippen molar-refractivity contribution in [3.63, 3.8) is 0 Å². The van der Waals surface area contributed by atoms with Crippen LogP contribution in [0.1, 0.15) is 23.7 Å². The van der Waals surface area contributed by atoms with E-state index in [1.54, 1.807) is 16.7 Å². The summed E-state index contributed by atoms with van der Waals surface area (Å²) >= 11 is 1.73. The van der Waals surface area contributed by atoms with E-state index < -0.39 is 11.6 Å². The number of halogens is 2. The summed E-state index contributed by atoms with van der Waals surface area (Å²) in [5, 5.41) is 0.393. The largest absolute Gasteiger partial charge is 0.307 e. The van der Waals surface area contributed by atoms with E-state index in [0.717, 1.165) is 29.1 Å². The Bertz CT molecular complexity index is 720. The molecular weight excluding hydrogens is 304 g/mol. The third-order valence-electron chi connectivity index (χ3n) is 3.66. The molecule has 1 amide bonds. The summed E-state index contributed by atoms with van der Waals surface area (Å²) in [5.74, 6) is -2.25. The monoisotopic (exact) mass is 319 g/mol. The fourth-order valence-electron chi connectivity index (χ4n) is 2.48. The van der Waals surface area contributed by atoms with Crippen LogP contribution in [0.3, 0.4) is 0 Å². The van der Waals surface area contributed by atoms with Crippen molar-refractivity contribution in [1.29, 1.82) is 0 Å². The second kappa shape index (κ2) is 6.08. The normalized spacial score (nSPS) is 17.8. The minimum absolute atomic E-state index is 0.160. The lowest BCUT2D eigenvalue weighted by Gasteiger charge is -2.22. The van der Waals surface area contributed by atoms with Crippen LogP contribution in [0.4, 0.5) is 14.5 Å². The molecule has 2 aromatic rings. The van der Waals surface area contributed by atoms with Crippen LogP contribution in [0.25, 0.3) is 0 Å². The lowest BCUT2D eigenvalue weighted by molar-refractivity contribution is 0.0986. The molecule has 2 nitrogen and oxygen atoms in total. The highest BCUT2D eigenvalue weighted by Gasteiger charge is 2.25. The fourth-order valence-corrected chi connectivity index (χ4v) is 3.60. The first-order chi connectivity index (χ1) is 10.6. The van der Waals surface area contributed by atoms with Crippen LogP contribution < -0.4 is 4.90 Å². The van der Waals surface area contributed by atoms with Crippen LogP contribution in [0.15, 0.2) is 47.4 Å². The van der Waals surface area contributed by atoms with Gasteiger partial charge in [0.15, 0.2) is 11.6 Å². The van der Waals surface area contributed by atoms with E-state index in [1.807, 2.05) is 24.3 Å². The Balaban J connectivity index is 1.99. The lowest BCUT2D eigenvalue weighted by atomic mass is 10.1. The van der Waals surface area contributed by atoms with Crippen molar-refractivity contribution in [2.75, 3.05) is 11.4 Å². The zero-order valence-corrected chi connectivity index (χ0v) is 12.9. The molecule has 1 aliphatic rings. The SMILES string of the molecule is C[C@@H]1CCN(C(=O)c2ccc(F)c(F)c2)c2ccccc2S1. The average Bonchev–Trinajstić information content (AvgIpc) is 2.67. The Kier molecular flexibility index (Phi) is 4.16. The van der Waals surface area contributed by atoms with Gasteiger partial charge in [-0.15, -0.1) is 11.8 Å². The molecule has 0 spiro atoms. The standard InChI is InChI=1S/C17H15F2NOS/c1-11-8-9-20(15-4-2-3-5-16(15)22-11)17(21)12-6-7-13(18)14(19)10-12/h2-7,10-11H,8-9H2,1H3/t11-/m1/s1. The first-order valence-corrected chi connectivity index (χ1v) is 7.97. The Morgan fingerprint density at radius 2 is 1.95 bits per heavy atom. The summed E-state index contributed by atoms with van der Waals surface area (Å²) in [4.78, 5) is 15.4. The zero-order chi connectivity index (χ0) is 15.7. The molecule has 0 aromatic heterocycles. The number of carbonyl (C=O) groups excluding carboxylic acids is 1. The van der Waals surface area contributed by atoms with Crippen LogP contribution in [0.2, 0.25) is 0 Å². The number of para-hydroxylation sites is 1. The molecular formula is C17H15F2NOS. The third kappa shape index (κ3) is 2.86. The molecule has 0 bridgehead atoms. The molecule has 5 heteroatoms. The summed E-state index contributed by atoms with van der Waals surface area (Å²) in [6, 6.07) is 11.0. The Labute approximate surface area is 132 Å². The van der Waals surface area contributed by atoms with Crippen LogP contribution in [-0.4, -0.2) is 17.7 Å². The molecule has 22 heavy (non-hydrogen) atoms. The highest BCUT2D eigenvalue weighted by atomic mass is 32.2. The molecule has 1 aliphatic heterocycles. The number of anilines is 1. The van der Waals surface area contributed by atoms with Gasteiger partial charge >= 0.3 is 0 Å². The molecule has 114 valence electrons. The minimum Gasteiger partial charge on any atom is -0.307 e. The number of fused-ring (bicyclic) bond motifs is 1. The van der Waals surface area contributed by atoms with Crippen molar-refractivity contribution in [2.45, 2.75) is 23.5 Å². The smallest absolute Gasteiger partial charge is 0.258 e. The third-order valence-corrected chi connectivity index (χ3v) is 4.89. The number of thioether (sulfide) groups is 1. The maximum absolute atomic E-state index is 13.4. The first-order valence-electron chi connectivity index (χ1n) is 7.09. The van der Waals surface area contributed by atoms with E-state index in [1.165, 1.54) is 6.07 Å². The molecule has 2 aromatic carbocycles. The molecule has 0 saturated heterocycles. The van der Waals surface area contributed by atoms with Crippen molar-refractivity contribution < 1.29 is 13.6 Å². The second-order valence-corrected chi connectivity index (χ2v) is 6.75. The van der Waals surface area contributed by atoms with Gasteiger partial charge in [0, 0.05) is 22.3 Å². The van der Waals surface area contributed by atoms with Crippen molar-refractivity contribution in [2.24, 2.45) is 0 Å². The van der Waals surface area contributed by atoms with E-state index in [4.69, 9.17) is 0 Å². The average molecular weight is 319 g/mol. The maximum atomic E-state index is 13.4. The van der Waals surface area contributed by atoms with Gasteiger partial charge in [0.25, 0.3) is 5.91 Å². The number of nitrogens with zero attached hydrogens (tertiary/aromatic N) is 1. The first kappa shape index (κ1) is 15.0. The van der Waals surface area contributed by atoms with Crippen LogP contribution in [0.5, 0.6) is 0 Å². The van der Waals surface area contributed by atoms with Gasteiger partial charge in [-0.05, 0) is 36.8 Å². The van der Waals surface area contributed by atoms with Gasteiger partial charge in [0.1, 0.15) is 0 Å². The number of carbonyl (C=O) groups is 1. The topological polar surface area (TPSA) is 20.3 Å². The summed E-state index contributed by atoms with van der Waals surface area (Å²) in [5.41, 5.74) is 0.986. The molecule has 0 aliphatic carbocycles. The highest BCUT2D eigenvalue weighted by Crippen LogP contribution is 2.37. The van der Waals surface area contributed by atoms with Crippen LogP contribution in [0, 0.1) is 11.6 Å². The predicted molar refractivity (Wildman–Crippen MR) is 84.4 cm³/mol. The lowest BCUT2D eigenvalue weighted by Crippen LogP contribution is -2.32. The molecule has 0 unspecified atom stereocenters. The van der Waals surface area contributed by atoms with Gasteiger partial charge in [0.2, 0.25) is 0 Å². The Morgan fingerprint density at radius 1 is 1.18 bits per heavy atom. The van der Waals surface area contributed by atoms with Gasteiger partial charge in [-0.1, -0.05) is 19.1 Å². The van der Waals surface area contributed by atoms with E-state index in [-0.39, 0.29) is 11.5 Å². The van der Waals surface area contributed by atoms with E-state index in [9.17, 15) is 13.6 Å². The summed E-state index contributed by atoms with van der Waals surface area (Å²) in [7, 11) is 0. The van der Waals surface area contributed by atoms with Crippen LogP contribution in [-0.2, 0) is 0 Å². The van der Waals surface area contributed by atoms with Gasteiger partial charge < -0.3 is 4.90 Å². The van der Waals surface area contributed by atoms with Crippen LogP contribution >= 0.6 is 11.8 Å². The Hall–Kier alpha value is -1.88. The van der Waals surface area contributed by atoms with Crippen molar-refractivity contribution >= 4 is 23.4 Å². The molecule has 0 fully saturated rings. The highest BCUT2D eigenvalue weighted by molar-refractivity contribution is 8.00. The van der Waals surface area contributed by atoms with E-state index in [2.05, 4.69) is 6.92 Å². The Morgan fingerprint density at radius 3 is 2.73 bits per heavy atom. The van der Waals surface area contributed by atoms with Crippen molar-refractivity contribution in [3.05, 3.63) is 59.7 Å². The maximum Gasteiger partial charge on any atom is 0.258 e. The molecule has 1 atom stereocenters. The van der Waals surface area contributed by atoms with Gasteiger partial charge in [-0.3, -0.25) is 4.79 Å². The number of rotatable bonds is 1. The fraction of sp³-hybridized carbons (Fsp3) is 0.235. The molecule has 0 radical (unpaired) electrons. The number of hydrogen-bond donors (Lipinski definition) is 0. The van der Waals surface area contributed by atoms with Crippen molar-refractivity contribution in [3.8, 4) is 0 Å². The van der Waals surface area contributed by atoms with Gasteiger partial charge in [0.05, 0.1) is 5.69 Å². The summed E-state index contributed by atoms with van der Waals surface area (Å²) in [6.07, 6.45) is 0.842. The zero-order valence-electron chi connectivity index (χ0n) is 12.1. The summed E-state index contributed by atoms with van der Waals surface area (Å²) < 4.78 is 26.5.